The lowest BCUT2D eigenvalue weighted by Gasteiger charge is -2.09. The first-order chi connectivity index (χ1) is 6.74. The van der Waals surface area contributed by atoms with Crippen molar-refractivity contribution < 1.29 is 4.79 Å². The van der Waals surface area contributed by atoms with Gasteiger partial charge < -0.3 is 4.79 Å². The standard InChI is InChI=1S/C12H13NO/c1-3-10-5-4-6-11(9(2)8-14)12(10)7-13/h4-6,8-9H,3H2,1-2H3. The van der Waals surface area contributed by atoms with Gasteiger partial charge in [0.2, 0.25) is 0 Å². The minimum Gasteiger partial charge on any atom is -0.303 e. The molecule has 1 unspecified atom stereocenters. The SMILES string of the molecule is CCc1cccc(C(C)C=O)c1C#N. The van der Waals surface area contributed by atoms with Crippen molar-refractivity contribution in [3.05, 3.63) is 34.9 Å². The van der Waals surface area contributed by atoms with Crippen LogP contribution in [0.3, 0.4) is 0 Å². The minimum atomic E-state index is -0.198. The molecule has 1 rings (SSSR count). The van der Waals surface area contributed by atoms with Gasteiger partial charge in [-0.05, 0) is 17.5 Å². The highest BCUT2D eigenvalue weighted by molar-refractivity contribution is 5.64. The molecule has 0 saturated heterocycles. The van der Waals surface area contributed by atoms with Crippen molar-refractivity contribution in [2.24, 2.45) is 0 Å². The van der Waals surface area contributed by atoms with Gasteiger partial charge in [0.05, 0.1) is 11.6 Å². The highest BCUT2D eigenvalue weighted by Crippen LogP contribution is 2.21. The lowest BCUT2D eigenvalue weighted by Crippen LogP contribution is -2.01. The summed E-state index contributed by atoms with van der Waals surface area (Å²) in [5, 5.41) is 9.01. The summed E-state index contributed by atoms with van der Waals surface area (Å²) < 4.78 is 0. The van der Waals surface area contributed by atoms with E-state index < -0.39 is 0 Å². The van der Waals surface area contributed by atoms with Crippen LogP contribution in [0.15, 0.2) is 18.2 Å². The fourth-order valence-corrected chi connectivity index (χ4v) is 1.50. The summed E-state index contributed by atoms with van der Waals surface area (Å²) in [4.78, 5) is 10.7. The van der Waals surface area contributed by atoms with E-state index in [1.54, 1.807) is 0 Å². The van der Waals surface area contributed by atoms with Crippen LogP contribution in [0.5, 0.6) is 0 Å². The van der Waals surface area contributed by atoms with Crippen molar-refractivity contribution in [1.82, 2.24) is 0 Å². The van der Waals surface area contributed by atoms with Gasteiger partial charge in [-0.25, -0.2) is 0 Å². The third-order valence-electron chi connectivity index (χ3n) is 2.37. The predicted octanol–water partition coefficient (Wildman–Crippen LogP) is 2.42. The molecule has 0 aliphatic carbocycles. The van der Waals surface area contributed by atoms with Crippen LogP contribution in [-0.2, 0) is 11.2 Å². The van der Waals surface area contributed by atoms with Gasteiger partial charge in [0, 0.05) is 5.92 Å². The highest BCUT2D eigenvalue weighted by atomic mass is 16.1. The second-order valence-corrected chi connectivity index (χ2v) is 3.27. The molecule has 1 atom stereocenters. The van der Waals surface area contributed by atoms with E-state index in [0.717, 1.165) is 23.8 Å². The maximum atomic E-state index is 10.7. The second kappa shape index (κ2) is 4.57. The topological polar surface area (TPSA) is 40.9 Å². The van der Waals surface area contributed by atoms with E-state index >= 15 is 0 Å². The molecule has 0 fully saturated rings. The van der Waals surface area contributed by atoms with E-state index in [0.29, 0.717) is 5.56 Å². The summed E-state index contributed by atoms with van der Waals surface area (Å²) in [6.07, 6.45) is 1.69. The van der Waals surface area contributed by atoms with Gasteiger partial charge in [0.1, 0.15) is 6.29 Å². The molecule has 72 valence electrons. The summed E-state index contributed by atoms with van der Waals surface area (Å²) in [6, 6.07) is 7.84. The van der Waals surface area contributed by atoms with Gasteiger partial charge >= 0.3 is 0 Å². The maximum Gasteiger partial charge on any atom is 0.127 e. The maximum absolute atomic E-state index is 10.7. The Balaban J connectivity index is 3.30. The van der Waals surface area contributed by atoms with Crippen LogP contribution >= 0.6 is 0 Å². The molecule has 0 aliphatic heterocycles. The normalized spacial score (nSPS) is 11.8. The Labute approximate surface area is 84.2 Å². The van der Waals surface area contributed by atoms with E-state index in [-0.39, 0.29) is 5.92 Å². The molecule has 0 aromatic heterocycles. The Morgan fingerprint density at radius 3 is 2.79 bits per heavy atom. The van der Waals surface area contributed by atoms with E-state index in [1.807, 2.05) is 32.0 Å². The van der Waals surface area contributed by atoms with E-state index in [4.69, 9.17) is 5.26 Å². The molecular weight excluding hydrogens is 174 g/mol. The van der Waals surface area contributed by atoms with Gasteiger partial charge in [-0.2, -0.15) is 5.26 Å². The van der Waals surface area contributed by atoms with E-state index in [1.165, 1.54) is 0 Å². The Bertz CT molecular complexity index is 376. The molecule has 0 amide bonds. The number of aryl methyl sites for hydroxylation is 1. The molecule has 1 aromatic carbocycles. The lowest BCUT2D eigenvalue weighted by molar-refractivity contribution is -0.108. The quantitative estimate of drug-likeness (QED) is 0.682. The van der Waals surface area contributed by atoms with E-state index in [2.05, 4.69) is 6.07 Å². The largest absolute Gasteiger partial charge is 0.303 e. The summed E-state index contributed by atoms with van der Waals surface area (Å²) >= 11 is 0. The first-order valence-electron chi connectivity index (χ1n) is 4.71. The molecule has 0 bridgehead atoms. The van der Waals surface area contributed by atoms with Crippen LogP contribution < -0.4 is 0 Å². The fraction of sp³-hybridized carbons (Fsp3) is 0.333. The number of carbonyl (C=O) groups excluding carboxylic acids is 1. The Kier molecular flexibility index (Phi) is 3.41. The third kappa shape index (κ3) is 1.82. The van der Waals surface area contributed by atoms with Gasteiger partial charge in [-0.1, -0.05) is 32.0 Å². The van der Waals surface area contributed by atoms with Crippen molar-refractivity contribution in [3.63, 3.8) is 0 Å². The number of rotatable bonds is 3. The molecule has 0 spiro atoms. The molecule has 2 heteroatoms. The summed E-state index contributed by atoms with van der Waals surface area (Å²) in [6.45, 7) is 3.81. The van der Waals surface area contributed by atoms with Crippen molar-refractivity contribution in [2.75, 3.05) is 0 Å². The van der Waals surface area contributed by atoms with Crippen LogP contribution in [0.4, 0.5) is 0 Å². The van der Waals surface area contributed by atoms with Gasteiger partial charge in [0.15, 0.2) is 0 Å². The number of nitrogens with zero attached hydrogens (tertiary/aromatic N) is 1. The smallest absolute Gasteiger partial charge is 0.127 e. The zero-order valence-electron chi connectivity index (χ0n) is 8.45. The van der Waals surface area contributed by atoms with Crippen LogP contribution in [0.2, 0.25) is 0 Å². The minimum absolute atomic E-state index is 0.198. The van der Waals surface area contributed by atoms with Crippen molar-refractivity contribution in [2.45, 2.75) is 26.2 Å². The molecule has 0 heterocycles. The summed E-state index contributed by atoms with van der Waals surface area (Å²) in [5.74, 6) is -0.198. The first kappa shape index (κ1) is 10.5. The van der Waals surface area contributed by atoms with Crippen LogP contribution in [0.25, 0.3) is 0 Å². The number of hydrogen-bond acceptors (Lipinski definition) is 2. The number of benzene rings is 1. The number of carbonyl (C=O) groups is 1. The van der Waals surface area contributed by atoms with E-state index in [9.17, 15) is 4.79 Å². The first-order valence-corrected chi connectivity index (χ1v) is 4.71. The van der Waals surface area contributed by atoms with Crippen molar-refractivity contribution >= 4 is 6.29 Å². The Morgan fingerprint density at radius 2 is 2.29 bits per heavy atom. The average Bonchev–Trinajstić information content (AvgIpc) is 2.26. The lowest BCUT2D eigenvalue weighted by atomic mass is 9.93. The monoisotopic (exact) mass is 187 g/mol. The summed E-state index contributed by atoms with van der Waals surface area (Å²) in [5.41, 5.74) is 2.51. The van der Waals surface area contributed by atoms with Crippen LogP contribution in [-0.4, -0.2) is 6.29 Å². The molecule has 0 radical (unpaired) electrons. The van der Waals surface area contributed by atoms with Gasteiger partial charge in [0.25, 0.3) is 0 Å². The van der Waals surface area contributed by atoms with Gasteiger partial charge in [-0.15, -0.1) is 0 Å². The van der Waals surface area contributed by atoms with Gasteiger partial charge in [-0.3, -0.25) is 0 Å². The van der Waals surface area contributed by atoms with Crippen LogP contribution in [0.1, 0.15) is 36.5 Å². The Morgan fingerprint density at radius 1 is 1.57 bits per heavy atom. The summed E-state index contributed by atoms with van der Waals surface area (Å²) in [7, 11) is 0. The predicted molar refractivity (Wildman–Crippen MR) is 55.0 cm³/mol. The molecule has 2 nitrogen and oxygen atoms in total. The second-order valence-electron chi connectivity index (χ2n) is 3.27. The molecule has 1 aromatic rings. The number of hydrogen-bond donors (Lipinski definition) is 0. The zero-order valence-corrected chi connectivity index (χ0v) is 8.45. The zero-order chi connectivity index (χ0) is 10.6. The Hall–Kier alpha value is -1.62. The number of nitriles is 1. The highest BCUT2D eigenvalue weighted by Gasteiger charge is 2.11. The third-order valence-corrected chi connectivity index (χ3v) is 2.37. The van der Waals surface area contributed by atoms with Crippen molar-refractivity contribution in [3.8, 4) is 6.07 Å². The molecule has 14 heavy (non-hydrogen) atoms. The number of aldehydes is 1. The molecule has 0 saturated carbocycles. The molecule has 0 N–H and O–H groups in total. The molecular formula is C12H13NO. The van der Waals surface area contributed by atoms with Crippen LogP contribution in [0, 0.1) is 11.3 Å². The van der Waals surface area contributed by atoms with Crippen molar-refractivity contribution in [1.29, 1.82) is 5.26 Å². The fourth-order valence-electron chi connectivity index (χ4n) is 1.50. The molecule has 0 aliphatic rings. The average molecular weight is 187 g/mol.